The second-order valence-corrected chi connectivity index (χ2v) is 7.85. The van der Waals surface area contributed by atoms with Crippen molar-refractivity contribution in [2.24, 2.45) is 4.99 Å². The van der Waals surface area contributed by atoms with Gasteiger partial charge in [0.15, 0.2) is 5.96 Å². The van der Waals surface area contributed by atoms with Crippen LogP contribution < -0.4 is 15.5 Å². The highest BCUT2D eigenvalue weighted by Crippen LogP contribution is 2.21. The molecular weight excluding hydrogens is 380 g/mol. The summed E-state index contributed by atoms with van der Waals surface area (Å²) in [7, 11) is 0. The Hall–Kier alpha value is -2.12. The number of amides is 1. The Bertz CT molecular complexity index is 672. The molecule has 0 aliphatic carbocycles. The van der Waals surface area contributed by atoms with Crippen molar-refractivity contribution in [3.8, 4) is 0 Å². The first-order valence-electron chi connectivity index (χ1n) is 11.4. The van der Waals surface area contributed by atoms with E-state index < -0.39 is 0 Å². The lowest BCUT2D eigenvalue weighted by atomic mass is 10.1. The zero-order chi connectivity index (χ0) is 21.0. The van der Waals surface area contributed by atoms with E-state index in [0.717, 1.165) is 82.2 Å². The van der Waals surface area contributed by atoms with Crippen molar-refractivity contribution < 1.29 is 14.3 Å². The third-order valence-electron chi connectivity index (χ3n) is 5.42. The monoisotopic (exact) mass is 416 g/mol. The molecule has 2 fully saturated rings. The molecule has 1 unspecified atom stereocenters. The minimum absolute atomic E-state index is 0.227. The van der Waals surface area contributed by atoms with Crippen molar-refractivity contribution in [1.29, 1.82) is 0 Å². The summed E-state index contributed by atoms with van der Waals surface area (Å²) in [5.74, 6) is 1.04. The van der Waals surface area contributed by atoms with Crippen LogP contribution in [0.3, 0.4) is 0 Å². The zero-order valence-electron chi connectivity index (χ0n) is 18.2. The Morgan fingerprint density at radius 1 is 1.23 bits per heavy atom. The van der Waals surface area contributed by atoms with Gasteiger partial charge < -0.3 is 25.0 Å². The number of carbonyl (C=O) groups is 1. The second kappa shape index (κ2) is 12.5. The Morgan fingerprint density at radius 3 is 2.83 bits per heavy atom. The highest BCUT2D eigenvalue weighted by molar-refractivity contribution is 5.93. The Labute approximate surface area is 180 Å². The summed E-state index contributed by atoms with van der Waals surface area (Å²) in [6.45, 7) is 7.41. The fourth-order valence-electron chi connectivity index (χ4n) is 3.74. The number of hydrogen-bond donors (Lipinski definition) is 2. The van der Waals surface area contributed by atoms with Gasteiger partial charge in [-0.25, -0.2) is 4.99 Å². The topological polar surface area (TPSA) is 75.2 Å². The summed E-state index contributed by atoms with van der Waals surface area (Å²) >= 11 is 0. The Morgan fingerprint density at radius 2 is 2.10 bits per heavy atom. The van der Waals surface area contributed by atoms with Crippen molar-refractivity contribution in [3.63, 3.8) is 0 Å². The predicted octanol–water partition coefficient (Wildman–Crippen LogP) is 2.84. The van der Waals surface area contributed by atoms with Crippen LogP contribution in [-0.2, 0) is 20.8 Å². The van der Waals surface area contributed by atoms with Crippen molar-refractivity contribution in [2.75, 3.05) is 44.4 Å². The molecule has 166 valence electrons. The van der Waals surface area contributed by atoms with E-state index in [1.807, 2.05) is 17.0 Å². The largest absolute Gasteiger partial charge is 0.379 e. The summed E-state index contributed by atoms with van der Waals surface area (Å²) in [6, 6.07) is 8.17. The molecule has 2 aliphatic rings. The summed E-state index contributed by atoms with van der Waals surface area (Å²) in [5, 5.41) is 6.65. The van der Waals surface area contributed by atoms with Gasteiger partial charge in [-0.15, -0.1) is 0 Å². The van der Waals surface area contributed by atoms with Crippen LogP contribution in [0.1, 0.15) is 51.0 Å². The third-order valence-corrected chi connectivity index (χ3v) is 5.42. The number of piperidine rings is 1. The third kappa shape index (κ3) is 7.29. The van der Waals surface area contributed by atoms with Gasteiger partial charge >= 0.3 is 0 Å². The summed E-state index contributed by atoms with van der Waals surface area (Å²) < 4.78 is 11.3. The molecule has 0 aromatic heterocycles. The smallest absolute Gasteiger partial charge is 0.226 e. The number of rotatable bonds is 10. The van der Waals surface area contributed by atoms with E-state index >= 15 is 0 Å². The summed E-state index contributed by atoms with van der Waals surface area (Å²) in [4.78, 5) is 18.6. The average molecular weight is 417 g/mol. The van der Waals surface area contributed by atoms with Gasteiger partial charge in [0, 0.05) is 45.0 Å². The first kappa shape index (κ1) is 22.6. The number of nitrogens with one attached hydrogen (secondary N) is 2. The Kier molecular flexibility index (Phi) is 9.44. The molecule has 2 N–H and O–H groups in total. The molecule has 1 atom stereocenters. The van der Waals surface area contributed by atoms with Crippen LogP contribution in [0.4, 0.5) is 5.69 Å². The summed E-state index contributed by atoms with van der Waals surface area (Å²) in [6.07, 6.45) is 6.22. The van der Waals surface area contributed by atoms with Crippen molar-refractivity contribution in [3.05, 3.63) is 29.8 Å². The number of guanidine groups is 1. The molecule has 0 saturated carbocycles. The number of ether oxygens (including phenoxy) is 2. The van der Waals surface area contributed by atoms with Crippen LogP contribution in [0, 0.1) is 0 Å². The fraction of sp³-hybridized carbons (Fsp3) is 0.652. The molecule has 7 heteroatoms. The molecular formula is C23H36N4O3. The molecule has 1 aromatic carbocycles. The molecule has 7 nitrogen and oxygen atoms in total. The SMILES string of the molecule is CCNC(=NCc1ccc(N2CCCCC2=O)cc1)NCCCOCC1CCCO1. The van der Waals surface area contributed by atoms with Gasteiger partial charge in [-0.2, -0.15) is 0 Å². The number of anilines is 1. The lowest BCUT2D eigenvalue weighted by Crippen LogP contribution is -2.38. The van der Waals surface area contributed by atoms with Gasteiger partial charge in [-0.3, -0.25) is 4.79 Å². The van der Waals surface area contributed by atoms with E-state index in [0.29, 0.717) is 19.6 Å². The van der Waals surface area contributed by atoms with E-state index in [2.05, 4.69) is 34.7 Å². The predicted molar refractivity (Wildman–Crippen MR) is 120 cm³/mol. The maximum absolute atomic E-state index is 12.1. The van der Waals surface area contributed by atoms with Crippen LogP contribution >= 0.6 is 0 Å². The van der Waals surface area contributed by atoms with Crippen molar-refractivity contribution in [2.45, 2.75) is 58.1 Å². The lowest BCUT2D eigenvalue weighted by molar-refractivity contribution is -0.119. The maximum atomic E-state index is 12.1. The van der Waals surface area contributed by atoms with Crippen LogP contribution in [-0.4, -0.2) is 57.4 Å². The standard InChI is InChI=1S/C23H36N4O3/c1-2-24-23(25-13-6-15-29-18-21-7-5-16-30-21)26-17-19-9-11-20(12-10-19)27-14-4-3-8-22(27)28/h9-12,21H,2-8,13-18H2,1H3,(H2,24,25,26). The van der Waals surface area contributed by atoms with Gasteiger partial charge in [0.05, 0.1) is 19.3 Å². The Balaban J connectivity index is 1.39. The van der Waals surface area contributed by atoms with Gasteiger partial charge in [0.2, 0.25) is 5.91 Å². The number of benzene rings is 1. The van der Waals surface area contributed by atoms with E-state index in [1.165, 1.54) is 0 Å². The normalized spacial score (nSPS) is 19.9. The van der Waals surface area contributed by atoms with Crippen LogP contribution in [0.15, 0.2) is 29.3 Å². The maximum Gasteiger partial charge on any atom is 0.226 e. The van der Waals surface area contributed by atoms with Crippen LogP contribution in [0.5, 0.6) is 0 Å². The zero-order valence-corrected chi connectivity index (χ0v) is 18.2. The molecule has 2 saturated heterocycles. The van der Waals surface area contributed by atoms with E-state index in [4.69, 9.17) is 9.47 Å². The number of nitrogens with zero attached hydrogens (tertiary/aromatic N) is 2. The molecule has 0 spiro atoms. The quantitative estimate of drug-likeness (QED) is 0.349. The summed E-state index contributed by atoms with van der Waals surface area (Å²) in [5.41, 5.74) is 2.11. The fourth-order valence-corrected chi connectivity index (χ4v) is 3.74. The van der Waals surface area contributed by atoms with Gasteiger partial charge in [-0.05, 0) is 56.7 Å². The van der Waals surface area contributed by atoms with Crippen molar-refractivity contribution >= 4 is 17.6 Å². The lowest BCUT2D eigenvalue weighted by Gasteiger charge is -2.26. The molecule has 3 rings (SSSR count). The molecule has 1 aromatic rings. The minimum Gasteiger partial charge on any atom is -0.379 e. The molecule has 2 aliphatic heterocycles. The van der Waals surface area contributed by atoms with Gasteiger partial charge in [-0.1, -0.05) is 12.1 Å². The number of hydrogen-bond acceptors (Lipinski definition) is 4. The first-order chi connectivity index (χ1) is 14.8. The van der Waals surface area contributed by atoms with Gasteiger partial charge in [0.25, 0.3) is 0 Å². The molecule has 30 heavy (non-hydrogen) atoms. The number of carbonyl (C=O) groups excluding carboxylic acids is 1. The van der Waals surface area contributed by atoms with Crippen LogP contribution in [0.25, 0.3) is 0 Å². The highest BCUT2D eigenvalue weighted by Gasteiger charge is 2.19. The average Bonchev–Trinajstić information content (AvgIpc) is 3.29. The van der Waals surface area contributed by atoms with E-state index in [-0.39, 0.29) is 12.0 Å². The molecule has 2 heterocycles. The van der Waals surface area contributed by atoms with Gasteiger partial charge in [0.1, 0.15) is 0 Å². The van der Waals surface area contributed by atoms with Crippen molar-refractivity contribution in [1.82, 2.24) is 10.6 Å². The number of aliphatic imine (C=N–C) groups is 1. The second-order valence-electron chi connectivity index (χ2n) is 7.85. The van der Waals surface area contributed by atoms with E-state index in [1.54, 1.807) is 0 Å². The van der Waals surface area contributed by atoms with Crippen LogP contribution in [0.2, 0.25) is 0 Å². The molecule has 0 radical (unpaired) electrons. The highest BCUT2D eigenvalue weighted by atomic mass is 16.5. The first-order valence-corrected chi connectivity index (χ1v) is 11.4. The molecule has 0 bridgehead atoms. The molecule has 1 amide bonds. The van der Waals surface area contributed by atoms with E-state index in [9.17, 15) is 4.79 Å². The minimum atomic E-state index is 0.227.